The summed E-state index contributed by atoms with van der Waals surface area (Å²) in [4.78, 5) is 4.99. The highest BCUT2D eigenvalue weighted by Gasteiger charge is 2.17. The Labute approximate surface area is 118 Å². The number of H-pyrrole nitrogens is 1. The summed E-state index contributed by atoms with van der Waals surface area (Å²) < 4.78 is 13.0. The lowest BCUT2D eigenvalue weighted by Crippen LogP contribution is -2.01. The van der Waals surface area contributed by atoms with Crippen LogP contribution in [0.5, 0.6) is 0 Å². The molecule has 2 heterocycles. The SMILES string of the molecule is OC(Cc1cncs1)c1cn[nH]c1-c1ccc(F)cc1. The number of thiazole rings is 1. The molecule has 1 unspecified atom stereocenters. The van der Waals surface area contributed by atoms with Gasteiger partial charge >= 0.3 is 0 Å². The molecule has 0 aliphatic heterocycles. The normalized spacial score (nSPS) is 12.5. The van der Waals surface area contributed by atoms with E-state index in [2.05, 4.69) is 15.2 Å². The van der Waals surface area contributed by atoms with Gasteiger partial charge in [-0.1, -0.05) is 0 Å². The zero-order chi connectivity index (χ0) is 13.9. The number of aromatic amines is 1. The Kier molecular flexibility index (Phi) is 3.58. The van der Waals surface area contributed by atoms with E-state index in [-0.39, 0.29) is 5.82 Å². The van der Waals surface area contributed by atoms with Gasteiger partial charge in [-0.05, 0) is 24.3 Å². The minimum atomic E-state index is -0.672. The van der Waals surface area contributed by atoms with Gasteiger partial charge in [0.05, 0.1) is 23.5 Å². The molecule has 0 saturated heterocycles. The average Bonchev–Trinajstić information content (AvgIpc) is 3.10. The lowest BCUT2D eigenvalue weighted by molar-refractivity contribution is 0.180. The largest absolute Gasteiger partial charge is 0.388 e. The van der Waals surface area contributed by atoms with Gasteiger partial charge in [-0.2, -0.15) is 5.10 Å². The fourth-order valence-corrected chi connectivity index (χ4v) is 2.67. The fourth-order valence-electron chi connectivity index (χ4n) is 2.04. The van der Waals surface area contributed by atoms with Crippen molar-refractivity contribution in [2.75, 3.05) is 0 Å². The van der Waals surface area contributed by atoms with Crippen LogP contribution in [0.3, 0.4) is 0 Å². The van der Waals surface area contributed by atoms with Crippen LogP contribution < -0.4 is 0 Å². The quantitative estimate of drug-likeness (QED) is 0.776. The van der Waals surface area contributed by atoms with Crippen molar-refractivity contribution in [3.05, 3.63) is 58.4 Å². The number of halogens is 1. The standard InChI is InChI=1S/C14H12FN3OS/c15-10-3-1-9(2-4-10)14-12(7-17-18-14)13(19)5-11-6-16-8-20-11/h1-4,6-8,13,19H,5H2,(H,17,18). The molecule has 0 radical (unpaired) electrons. The summed E-state index contributed by atoms with van der Waals surface area (Å²) in [7, 11) is 0. The van der Waals surface area contributed by atoms with Gasteiger partial charge in [0.1, 0.15) is 5.82 Å². The fraction of sp³-hybridized carbons (Fsp3) is 0.143. The van der Waals surface area contributed by atoms with E-state index in [1.54, 1.807) is 30.0 Å². The summed E-state index contributed by atoms with van der Waals surface area (Å²) in [6, 6.07) is 6.09. The van der Waals surface area contributed by atoms with Crippen LogP contribution in [0.4, 0.5) is 4.39 Å². The third kappa shape index (κ3) is 2.61. The summed E-state index contributed by atoms with van der Waals surface area (Å²) >= 11 is 1.50. The Morgan fingerprint density at radius 3 is 2.75 bits per heavy atom. The molecule has 4 nitrogen and oxygen atoms in total. The Morgan fingerprint density at radius 1 is 1.25 bits per heavy atom. The van der Waals surface area contributed by atoms with Crippen LogP contribution in [0, 0.1) is 5.82 Å². The van der Waals surface area contributed by atoms with Gasteiger partial charge in [0.2, 0.25) is 0 Å². The molecule has 0 spiro atoms. The molecule has 6 heteroatoms. The smallest absolute Gasteiger partial charge is 0.123 e. The van der Waals surface area contributed by atoms with Crippen molar-refractivity contribution >= 4 is 11.3 Å². The van der Waals surface area contributed by atoms with E-state index in [0.29, 0.717) is 17.7 Å². The maximum absolute atomic E-state index is 13.0. The Hall–Kier alpha value is -2.05. The second kappa shape index (κ2) is 5.52. The monoisotopic (exact) mass is 289 g/mol. The second-order valence-electron chi connectivity index (χ2n) is 4.39. The summed E-state index contributed by atoms with van der Waals surface area (Å²) in [6.45, 7) is 0. The number of rotatable bonds is 4. The van der Waals surface area contributed by atoms with Crippen LogP contribution in [0.15, 0.2) is 42.2 Å². The summed E-state index contributed by atoms with van der Waals surface area (Å²) in [5, 5.41) is 17.2. The summed E-state index contributed by atoms with van der Waals surface area (Å²) in [6.07, 6.45) is 3.16. The van der Waals surface area contributed by atoms with Gasteiger partial charge in [-0.3, -0.25) is 10.1 Å². The Bertz CT molecular complexity index is 679. The molecular weight excluding hydrogens is 277 g/mol. The van der Waals surface area contributed by atoms with Gasteiger partial charge in [-0.25, -0.2) is 4.39 Å². The van der Waals surface area contributed by atoms with E-state index in [1.807, 2.05) is 0 Å². The van der Waals surface area contributed by atoms with Crippen molar-refractivity contribution in [2.45, 2.75) is 12.5 Å². The third-order valence-electron chi connectivity index (χ3n) is 3.04. The number of aliphatic hydroxyl groups excluding tert-OH is 1. The van der Waals surface area contributed by atoms with Crippen molar-refractivity contribution in [1.29, 1.82) is 0 Å². The molecule has 1 aromatic carbocycles. The van der Waals surface area contributed by atoms with E-state index in [4.69, 9.17) is 0 Å². The Balaban J connectivity index is 1.87. The number of hydrogen-bond acceptors (Lipinski definition) is 4. The lowest BCUT2D eigenvalue weighted by Gasteiger charge is -2.10. The van der Waals surface area contributed by atoms with Crippen LogP contribution >= 0.6 is 11.3 Å². The maximum atomic E-state index is 13.0. The van der Waals surface area contributed by atoms with E-state index >= 15 is 0 Å². The first-order valence-electron chi connectivity index (χ1n) is 6.08. The number of aliphatic hydroxyl groups is 1. The number of aromatic nitrogens is 3. The molecule has 0 aliphatic carbocycles. The first kappa shape index (κ1) is 13.0. The molecule has 1 atom stereocenters. The van der Waals surface area contributed by atoms with E-state index in [1.165, 1.54) is 23.5 Å². The molecule has 2 N–H and O–H groups in total. The molecule has 3 rings (SSSR count). The topological polar surface area (TPSA) is 61.8 Å². The predicted molar refractivity (Wildman–Crippen MR) is 74.8 cm³/mol. The molecule has 0 saturated carbocycles. The van der Waals surface area contributed by atoms with Crippen molar-refractivity contribution < 1.29 is 9.50 Å². The van der Waals surface area contributed by atoms with E-state index < -0.39 is 6.10 Å². The van der Waals surface area contributed by atoms with Crippen LogP contribution in [-0.4, -0.2) is 20.3 Å². The number of hydrogen-bond donors (Lipinski definition) is 2. The van der Waals surface area contributed by atoms with Gasteiger partial charge in [0, 0.05) is 28.6 Å². The number of nitrogens with one attached hydrogen (secondary N) is 1. The van der Waals surface area contributed by atoms with Gasteiger partial charge in [0.25, 0.3) is 0 Å². The highest BCUT2D eigenvalue weighted by molar-refractivity contribution is 7.09. The zero-order valence-corrected chi connectivity index (χ0v) is 11.3. The molecule has 0 aliphatic rings. The average molecular weight is 289 g/mol. The first-order valence-corrected chi connectivity index (χ1v) is 6.96. The van der Waals surface area contributed by atoms with Gasteiger partial charge in [-0.15, -0.1) is 11.3 Å². The van der Waals surface area contributed by atoms with Crippen molar-refractivity contribution in [3.63, 3.8) is 0 Å². The van der Waals surface area contributed by atoms with E-state index in [9.17, 15) is 9.50 Å². The molecule has 2 aromatic heterocycles. The van der Waals surface area contributed by atoms with Crippen molar-refractivity contribution in [3.8, 4) is 11.3 Å². The van der Waals surface area contributed by atoms with E-state index in [0.717, 1.165) is 10.4 Å². The minimum absolute atomic E-state index is 0.292. The second-order valence-corrected chi connectivity index (χ2v) is 5.37. The minimum Gasteiger partial charge on any atom is -0.388 e. The molecule has 0 bridgehead atoms. The number of benzene rings is 1. The molecule has 102 valence electrons. The van der Waals surface area contributed by atoms with Crippen LogP contribution in [-0.2, 0) is 6.42 Å². The number of nitrogens with zero attached hydrogens (tertiary/aromatic N) is 2. The van der Waals surface area contributed by atoms with Crippen LogP contribution in [0.2, 0.25) is 0 Å². The Morgan fingerprint density at radius 2 is 2.05 bits per heavy atom. The summed E-state index contributed by atoms with van der Waals surface area (Å²) in [5.41, 5.74) is 3.94. The van der Waals surface area contributed by atoms with Crippen LogP contribution in [0.1, 0.15) is 16.5 Å². The molecule has 3 aromatic rings. The predicted octanol–water partition coefficient (Wildman–Crippen LogP) is 2.95. The van der Waals surface area contributed by atoms with Crippen LogP contribution in [0.25, 0.3) is 11.3 Å². The molecular formula is C14H12FN3OS. The molecule has 0 amide bonds. The molecule has 20 heavy (non-hydrogen) atoms. The third-order valence-corrected chi connectivity index (χ3v) is 3.84. The highest BCUT2D eigenvalue weighted by Crippen LogP contribution is 2.28. The van der Waals surface area contributed by atoms with Crippen molar-refractivity contribution in [1.82, 2.24) is 15.2 Å². The zero-order valence-electron chi connectivity index (χ0n) is 10.5. The maximum Gasteiger partial charge on any atom is 0.123 e. The lowest BCUT2D eigenvalue weighted by atomic mass is 10.0. The summed E-state index contributed by atoms with van der Waals surface area (Å²) in [5.74, 6) is -0.292. The molecule has 0 fully saturated rings. The van der Waals surface area contributed by atoms with Gasteiger partial charge < -0.3 is 5.11 Å². The van der Waals surface area contributed by atoms with Gasteiger partial charge in [0.15, 0.2) is 0 Å². The van der Waals surface area contributed by atoms with Crippen molar-refractivity contribution in [2.24, 2.45) is 0 Å². The first-order chi connectivity index (χ1) is 9.74. The highest BCUT2D eigenvalue weighted by atomic mass is 32.1.